The Morgan fingerprint density at radius 2 is 1.80 bits per heavy atom. The van der Waals surface area contributed by atoms with Gasteiger partial charge in [-0.2, -0.15) is 0 Å². The Morgan fingerprint density at radius 1 is 1.00 bits per heavy atom. The molecular formula is C27H21BrF3NO3. The number of carbonyl (C=O) groups is 1. The number of ether oxygens (including phenoxy) is 2. The Kier molecular flexibility index (Phi) is 7.31. The maximum absolute atomic E-state index is 14.1. The standard InChI is InChI=1S/C27H21BrF3NO3/c1-3-34-27(33)17-5-4-6-21(12-17)32-16(2)7-9-24(32)22-13-19(28)8-10-25(22)35-15-18-11-20(29)14-23(30)26(18)31/h4-14H,3,15H2,1-2H3. The van der Waals surface area contributed by atoms with Crippen molar-refractivity contribution in [2.75, 3.05) is 6.61 Å². The van der Waals surface area contributed by atoms with Gasteiger partial charge in [0.15, 0.2) is 11.6 Å². The summed E-state index contributed by atoms with van der Waals surface area (Å²) in [7, 11) is 0. The van der Waals surface area contributed by atoms with Crippen molar-refractivity contribution in [2.45, 2.75) is 20.5 Å². The molecule has 180 valence electrons. The summed E-state index contributed by atoms with van der Waals surface area (Å²) in [5, 5.41) is 0. The van der Waals surface area contributed by atoms with Crippen LogP contribution in [0.1, 0.15) is 28.5 Å². The summed E-state index contributed by atoms with van der Waals surface area (Å²) < 4.78 is 55.1. The lowest BCUT2D eigenvalue weighted by atomic mass is 10.1. The first-order chi connectivity index (χ1) is 16.8. The van der Waals surface area contributed by atoms with Crippen LogP contribution in [0.25, 0.3) is 16.9 Å². The van der Waals surface area contributed by atoms with E-state index >= 15 is 0 Å². The van der Waals surface area contributed by atoms with Crippen LogP contribution in [0.15, 0.2) is 71.2 Å². The van der Waals surface area contributed by atoms with E-state index in [1.807, 2.05) is 35.8 Å². The maximum Gasteiger partial charge on any atom is 0.338 e. The highest BCUT2D eigenvalue weighted by molar-refractivity contribution is 9.10. The number of carbonyl (C=O) groups excluding carboxylic acids is 1. The average molecular weight is 544 g/mol. The predicted molar refractivity (Wildman–Crippen MR) is 130 cm³/mol. The molecule has 0 unspecified atom stereocenters. The van der Waals surface area contributed by atoms with Gasteiger partial charge >= 0.3 is 5.97 Å². The van der Waals surface area contributed by atoms with Crippen LogP contribution < -0.4 is 4.74 Å². The fraction of sp³-hybridized carbons (Fsp3) is 0.148. The van der Waals surface area contributed by atoms with E-state index in [9.17, 15) is 18.0 Å². The molecule has 0 N–H and O–H groups in total. The van der Waals surface area contributed by atoms with Crippen molar-refractivity contribution in [3.8, 4) is 22.7 Å². The SMILES string of the molecule is CCOC(=O)c1cccc(-n2c(C)ccc2-c2cc(Br)ccc2OCc2cc(F)cc(F)c2F)c1. The van der Waals surface area contributed by atoms with Crippen molar-refractivity contribution in [3.05, 3.63) is 105 Å². The molecular weight excluding hydrogens is 523 g/mol. The Labute approximate surface area is 209 Å². The van der Waals surface area contributed by atoms with Gasteiger partial charge in [-0.05, 0) is 68.4 Å². The number of hydrogen-bond acceptors (Lipinski definition) is 3. The number of halogens is 4. The van der Waals surface area contributed by atoms with E-state index in [0.29, 0.717) is 22.9 Å². The number of hydrogen-bond donors (Lipinski definition) is 0. The zero-order valence-electron chi connectivity index (χ0n) is 18.9. The van der Waals surface area contributed by atoms with E-state index < -0.39 is 23.4 Å². The third kappa shape index (κ3) is 5.27. The molecule has 1 aromatic heterocycles. The van der Waals surface area contributed by atoms with Crippen LogP contribution in [0.2, 0.25) is 0 Å². The molecule has 0 saturated carbocycles. The first-order valence-corrected chi connectivity index (χ1v) is 11.6. The smallest absolute Gasteiger partial charge is 0.338 e. The van der Waals surface area contributed by atoms with E-state index in [1.165, 1.54) is 0 Å². The summed E-state index contributed by atoms with van der Waals surface area (Å²) in [6.45, 7) is 3.57. The number of aromatic nitrogens is 1. The molecule has 0 bridgehead atoms. The molecule has 0 atom stereocenters. The van der Waals surface area contributed by atoms with E-state index in [0.717, 1.165) is 27.6 Å². The first kappa shape index (κ1) is 24.6. The highest BCUT2D eigenvalue weighted by Gasteiger charge is 2.18. The van der Waals surface area contributed by atoms with Gasteiger partial charge in [-0.1, -0.05) is 22.0 Å². The van der Waals surface area contributed by atoms with E-state index in [2.05, 4.69) is 15.9 Å². The summed E-state index contributed by atoms with van der Waals surface area (Å²) >= 11 is 3.47. The van der Waals surface area contributed by atoms with Crippen LogP contribution in [0.4, 0.5) is 13.2 Å². The van der Waals surface area contributed by atoms with Crippen LogP contribution in [0.3, 0.4) is 0 Å². The molecule has 0 aliphatic carbocycles. The fourth-order valence-electron chi connectivity index (χ4n) is 3.78. The van der Waals surface area contributed by atoms with E-state index in [4.69, 9.17) is 9.47 Å². The minimum Gasteiger partial charge on any atom is -0.488 e. The summed E-state index contributed by atoms with van der Waals surface area (Å²) in [5.41, 5.74) is 3.21. The van der Waals surface area contributed by atoms with Crippen LogP contribution in [0, 0.1) is 24.4 Å². The second-order valence-corrected chi connectivity index (χ2v) is 8.67. The van der Waals surface area contributed by atoms with Crippen LogP contribution >= 0.6 is 15.9 Å². The zero-order valence-corrected chi connectivity index (χ0v) is 20.5. The molecule has 4 rings (SSSR count). The molecule has 8 heteroatoms. The monoisotopic (exact) mass is 543 g/mol. The van der Waals surface area contributed by atoms with Crippen molar-refractivity contribution in [1.82, 2.24) is 4.57 Å². The van der Waals surface area contributed by atoms with E-state index in [1.54, 1.807) is 37.3 Å². The lowest BCUT2D eigenvalue weighted by Crippen LogP contribution is -2.07. The van der Waals surface area contributed by atoms with Crippen LogP contribution in [-0.4, -0.2) is 17.1 Å². The molecule has 3 aromatic carbocycles. The highest BCUT2D eigenvalue weighted by Crippen LogP contribution is 2.36. The molecule has 35 heavy (non-hydrogen) atoms. The molecule has 0 aliphatic rings. The van der Waals surface area contributed by atoms with Gasteiger partial charge in [0.05, 0.1) is 17.9 Å². The molecule has 0 fully saturated rings. The largest absolute Gasteiger partial charge is 0.488 e. The lowest BCUT2D eigenvalue weighted by molar-refractivity contribution is 0.0526. The third-order valence-corrected chi connectivity index (χ3v) is 5.85. The minimum absolute atomic E-state index is 0.231. The normalized spacial score (nSPS) is 10.9. The van der Waals surface area contributed by atoms with E-state index in [-0.39, 0.29) is 18.8 Å². The van der Waals surface area contributed by atoms with Gasteiger partial charge < -0.3 is 14.0 Å². The molecule has 0 saturated heterocycles. The summed E-state index contributed by atoms with van der Waals surface area (Å²) in [6.07, 6.45) is 0. The van der Waals surface area contributed by atoms with Gasteiger partial charge in [0.1, 0.15) is 18.2 Å². The number of esters is 1. The van der Waals surface area contributed by atoms with Crippen molar-refractivity contribution in [3.63, 3.8) is 0 Å². The van der Waals surface area contributed by atoms with Crippen LogP contribution in [0.5, 0.6) is 5.75 Å². The highest BCUT2D eigenvalue weighted by atomic mass is 79.9. The summed E-state index contributed by atoms with van der Waals surface area (Å²) in [5.74, 6) is -3.34. The van der Waals surface area contributed by atoms with Crippen LogP contribution in [-0.2, 0) is 11.3 Å². The number of benzene rings is 3. The molecule has 4 nitrogen and oxygen atoms in total. The van der Waals surface area contributed by atoms with Gasteiger partial charge in [0.25, 0.3) is 0 Å². The number of rotatable bonds is 7. The minimum atomic E-state index is -1.27. The summed E-state index contributed by atoms with van der Waals surface area (Å²) in [4.78, 5) is 12.3. The van der Waals surface area contributed by atoms with Gasteiger partial charge in [0.2, 0.25) is 0 Å². The summed E-state index contributed by atoms with van der Waals surface area (Å²) in [6, 6.07) is 17.5. The van der Waals surface area contributed by atoms with Crippen molar-refractivity contribution >= 4 is 21.9 Å². The van der Waals surface area contributed by atoms with Crippen molar-refractivity contribution in [1.29, 1.82) is 0 Å². The fourth-order valence-corrected chi connectivity index (χ4v) is 4.14. The topological polar surface area (TPSA) is 40.5 Å². The Hall–Kier alpha value is -3.52. The average Bonchev–Trinajstić information content (AvgIpc) is 3.22. The molecule has 0 amide bonds. The number of nitrogens with zero attached hydrogens (tertiary/aromatic N) is 1. The third-order valence-electron chi connectivity index (χ3n) is 5.36. The molecule has 4 aromatic rings. The Bertz CT molecular complexity index is 1400. The molecule has 0 aliphatic heterocycles. The second kappa shape index (κ2) is 10.4. The molecule has 1 heterocycles. The van der Waals surface area contributed by atoms with Gasteiger partial charge in [-0.25, -0.2) is 18.0 Å². The van der Waals surface area contributed by atoms with Gasteiger partial charge in [-0.3, -0.25) is 0 Å². The Balaban J connectivity index is 1.75. The quantitative estimate of drug-likeness (QED) is 0.180. The first-order valence-electron chi connectivity index (χ1n) is 10.8. The molecule has 0 radical (unpaired) electrons. The Morgan fingerprint density at radius 3 is 2.57 bits per heavy atom. The zero-order chi connectivity index (χ0) is 25.1. The van der Waals surface area contributed by atoms with Gasteiger partial charge in [-0.15, -0.1) is 0 Å². The lowest BCUT2D eigenvalue weighted by Gasteiger charge is -2.17. The molecule has 0 spiro atoms. The maximum atomic E-state index is 14.1. The van der Waals surface area contributed by atoms with Crippen molar-refractivity contribution in [2.24, 2.45) is 0 Å². The van der Waals surface area contributed by atoms with Crippen molar-refractivity contribution < 1.29 is 27.4 Å². The number of aryl methyl sites for hydroxylation is 1. The second-order valence-electron chi connectivity index (χ2n) is 7.76. The predicted octanol–water partition coefficient (Wildman–Crippen LogP) is 7.39. The van der Waals surface area contributed by atoms with Gasteiger partial charge in [0, 0.05) is 33.0 Å².